The number of carbonyl (C=O) groups is 5. The Hall–Kier alpha value is -2.73. The molecule has 0 fully saturated rings. The molecule has 0 spiro atoms. The van der Waals surface area contributed by atoms with E-state index in [1.807, 2.05) is 0 Å². The lowest BCUT2D eigenvalue weighted by molar-refractivity contribution is -0.139. The van der Waals surface area contributed by atoms with Gasteiger partial charge in [-0.1, -0.05) is 20.3 Å². The SMILES string of the molecule is CCC(C)C(NC(=O)C(CCC(N)=O)NC(=O)C(N)C(C)O)C(=O)NCC(=O)O. The summed E-state index contributed by atoms with van der Waals surface area (Å²) in [4.78, 5) is 58.8. The zero-order valence-corrected chi connectivity index (χ0v) is 16.8. The maximum Gasteiger partial charge on any atom is 0.322 e. The molecule has 166 valence electrons. The van der Waals surface area contributed by atoms with Gasteiger partial charge in [-0.25, -0.2) is 0 Å². The van der Waals surface area contributed by atoms with Gasteiger partial charge in [0.05, 0.1) is 6.10 Å². The normalized spacial score (nSPS) is 15.9. The zero-order valence-electron chi connectivity index (χ0n) is 16.8. The highest BCUT2D eigenvalue weighted by Crippen LogP contribution is 2.09. The van der Waals surface area contributed by atoms with Crippen LogP contribution in [0.15, 0.2) is 0 Å². The van der Waals surface area contributed by atoms with Crippen molar-refractivity contribution < 1.29 is 34.2 Å². The van der Waals surface area contributed by atoms with E-state index in [9.17, 15) is 29.1 Å². The molecule has 0 aliphatic heterocycles. The van der Waals surface area contributed by atoms with Crippen molar-refractivity contribution in [3.63, 3.8) is 0 Å². The highest BCUT2D eigenvalue weighted by Gasteiger charge is 2.31. The van der Waals surface area contributed by atoms with Gasteiger partial charge in [-0.2, -0.15) is 0 Å². The third-order valence-electron chi connectivity index (χ3n) is 4.34. The van der Waals surface area contributed by atoms with Crippen LogP contribution >= 0.6 is 0 Å². The summed E-state index contributed by atoms with van der Waals surface area (Å²) in [6.45, 7) is 4.15. The van der Waals surface area contributed by atoms with E-state index in [4.69, 9.17) is 16.6 Å². The summed E-state index contributed by atoms with van der Waals surface area (Å²) in [6, 6.07) is -3.60. The molecular formula is C17H31N5O7. The van der Waals surface area contributed by atoms with E-state index in [1.54, 1.807) is 13.8 Å². The predicted octanol–water partition coefficient (Wildman–Crippen LogP) is -2.82. The molecule has 0 rings (SSSR count). The van der Waals surface area contributed by atoms with Gasteiger partial charge in [0.1, 0.15) is 24.7 Å². The topological polar surface area (TPSA) is 214 Å². The largest absolute Gasteiger partial charge is 0.480 e. The molecule has 0 saturated heterocycles. The van der Waals surface area contributed by atoms with Crippen LogP contribution in [-0.4, -0.2) is 70.6 Å². The van der Waals surface area contributed by atoms with E-state index in [1.165, 1.54) is 6.92 Å². The molecule has 0 bridgehead atoms. The highest BCUT2D eigenvalue weighted by molar-refractivity contribution is 5.94. The number of aliphatic carboxylic acids is 1. The Bertz CT molecular complexity index is 611. The van der Waals surface area contributed by atoms with Crippen LogP contribution in [0.5, 0.6) is 0 Å². The van der Waals surface area contributed by atoms with Gasteiger partial charge in [-0.3, -0.25) is 24.0 Å². The number of primary amides is 1. The first-order chi connectivity index (χ1) is 13.4. The Morgan fingerprint density at radius 1 is 1.00 bits per heavy atom. The van der Waals surface area contributed by atoms with Crippen LogP contribution in [0, 0.1) is 5.92 Å². The zero-order chi connectivity index (χ0) is 22.7. The van der Waals surface area contributed by atoms with Gasteiger partial charge in [0.2, 0.25) is 23.6 Å². The van der Waals surface area contributed by atoms with Crippen LogP contribution in [0.25, 0.3) is 0 Å². The number of carbonyl (C=O) groups excluding carboxylic acids is 4. The van der Waals surface area contributed by atoms with Crippen molar-refractivity contribution in [2.75, 3.05) is 6.54 Å². The molecule has 12 nitrogen and oxygen atoms in total. The third kappa shape index (κ3) is 9.85. The van der Waals surface area contributed by atoms with Crippen molar-refractivity contribution >= 4 is 29.6 Å². The molecule has 5 unspecified atom stereocenters. The van der Waals surface area contributed by atoms with Crippen LogP contribution in [0.3, 0.4) is 0 Å². The average molecular weight is 417 g/mol. The lowest BCUT2D eigenvalue weighted by Crippen LogP contribution is -2.58. The number of carboxylic acid groups (broad SMARTS) is 1. The van der Waals surface area contributed by atoms with Gasteiger partial charge in [0.15, 0.2) is 0 Å². The van der Waals surface area contributed by atoms with Crippen molar-refractivity contribution in [1.29, 1.82) is 0 Å². The first-order valence-corrected chi connectivity index (χ1v) is 9.22. The molecule has 9 N–H and O–H groups in total. The standard InChI is InChI=1S/C17H31N5O7/c1-4-8(2)14(17(29)20-7-12(25)26)22-15(27)10(5-6-11(18)24)21-16(28)13(19)9(3)23/h8-10,13-14,23H,4-7,19H2,1-3H3,(H2,18,24)(H,20,29)(H,21,28)(H,22,27)(H,25,26). The molecule has 0 aromatic carbocycles. The summed E-state index contributed by atoms with van der Waals surface area (Å²) in [5, 5.41) is 25.1. The van der Waals surface area contributed by atoms with Crippen molar-refractivity contribution in [2.24, 2.45) is 17.4 Å². The minimum absolute atomic E-state index is 0.149. The quantitative estimate of drug-likeness (QED) is 0.165. The lowest BCUT2D eigenvalue weighted by atomic mass is 9.97. The molecule has 0 aromatic heterocycles. The predicted molar refractivity (Wildman–Crippen MR) is 102 cm³/mol. The number of rotatable bonds is 13. The molecule has 12 heteroatoms. The Morgan fingerprint density at radius 3 is 2.03 bits per heavy atom. The van der Waals surface area contributed by atoms with Gasteiger partial charge in [0, 0.05) is 6.42 Å². The van der Waals surface area contributed by atoms with Gasteiger partial charge >= 0.3 is 5.97 Å². The summed E-state index contributed by atoms with van der Waals surface area (Å²) in [7, 11) is 0. The highest BCUT2D eigenvalue weighted by atomic mass is 16.4. The Kier molecular flexibility index (Phi) is 11.5. The molecule has 0 aromatic rings. The Balaban J connectivity index is 5.37. The number of carboxylic acids is 1. The second-order valence-electron chi connectivity index (χ2n) is 6.82. The fourth-order valence-corrected chi connectivity index (χ4v) is 2.27. The number of aliphatic hydroxyl groups is 1. The summed E-state index contributed by atoms with van der Waals surface area (Å²) < 4.78 is 0. The van der Waals surface area contributed by atoms with E-state index < -0.39 is 60.4 Å². The second kappa shape index (κ2) is 12.7. The number of amides is 4. The van der Waals surface area contributed by atoms with Crippen LogP contribution in [0.2, 0.25) is 0 Å². The first kappa shape index (κ1) is 26.3. The maximum atomic E-state index is 12.7. The first-order valence-electron chi connectivity index (χ1n) is 9.22. The van der Waals surface area contributed by atoms with Crippen LogP contribution in [-0.2, 0) is 24.0 Å². The number of aliphatic hydroxyl groups excluding tert-OH is 1. The van der Waals surface area contributed by atoms with Crippen LogP contribution in [0.4, 0.5) is 0 Å². The van der Waals surface area contributed by atoms with Crippen LogP contribution < -0.4 is 27.4 Å². The van der Waals surface area contributed by atoms with Crippen molar-refractivity contribution in [3.05, 3.63) is 0 Å². The molecular weight excluding hydrogens is 386 g/mol. The molecule has 0 aliphatic carbocycles. The number of nitrogens with one attached hydrogen (secondary N) is 3. The van der Waals surface area contributed by atoms with Crippen molar-refractivity contribution in [2.45, 2.75) is 64.3 Å². The lowest BCUT2D eigenvalue weighted by Gasteiger charge is -2.27. The van der Waals surface area contributed by atoms with E-state index in [0.717, 1.165) is 0 Å². The molecule has 5 atom stereocenters. The minimum atomic E-state index is -1.30. The van der Waals surface area contributed by atoms with E-state index >= 15 is 0 Å². The van der Waals surface area contributed by atoms with Crippen molar-refractivity contribution in [3.8, 4) is 0 Å². The van der Waals surface area contributed by atoms with Gasteiger partial charge < -0.3 is 37.6 Å². The summed E-state index contributed by atoms with van der Waals surface area (Å²) in [5.41, 5.74) is 10.6. The molecule has 0 radical (unpaired) electrons. The van der Waals surface area contributed by atoms with Crippen molar-refractivity contribution in [1.82, 2.24) is 16.0 Å². The molecule has 4 amide bonds. The summed E-state index contributed by atoms with van der Waals surface area (Å²) in [5.74, 6) is -4.58. The number of hydrogen-bond acceptors (Lipinski definition) is 7. The summed E-state index contributed by atoms with van der Waals surface area (Å²) in [6.07, 6.45) is -1.05. The van der Waals surface area contributed by atoms with Gasteiger partial charge in [0.25, 0.3) is 0 Å². The maximum absolute atomic E-state index is 12.7. The monoisotopic (exact) mass is 417 g/mol. The summed E-state index contributed by atoms with van der Waals surface area (Å²) >= 11 is 0. The van der Waals surface area contributed by atoms with Gasteiger partial charge in [-0.05, 0) is 19.3 Å². The minimum Gasteiger partial charge on any atom is -0.480 e. The molecule has 0 aliphatic rings. The number of hydrogen-bond donors (Lipinski definition) is 7. The second-order valence-corrected chi connectivity index (χ2v) is 6.82. The Morgan fingerprint density at radius 2 is 1.59 bits per heavy atom. The fraction of sp³-hybridized carbons (Fsp3) is 0.706. The fourth-order valence-electron chi connectivity index (χ4n) is 2.27. The molecule has 29 heavy (non-hydrogen) atoms. The van der Waals surface area contributed by atoms with E-state index in [2.05, 4.69) is 16.0 Å². The smallest absolute Gasteiger partial charge is 0.322 e. The Labute approximate surface area is 168 Å². The van der Waals surface area contributed by atoms with Gasteiger partial charge in [-0.15, -0.1) is 0 Å². The average Bonchev–Trinajstić information content (AvgIpc) is 2.65. The van der Waals surface area contributed by atoms with E-state index in [-0.39, 0.29) is 18.8 Å². The van der Waals surface area contributed by atoms with Crippen LogP contribution in [0.1, 0.15) is 40.0 Å². The van der Waals surface area contributed by atoms with E-state index in [0.29, 0.717) is 6.42 Å². The molecule has 0 heterocycles. The third-order valence-corrected chi connectivity index (χ3v) is 4.34. The number of nitrogens with two attached hydrogens (primary N) is 2. The molecule has 0 saturated carbocycles.